The first-order valence-electron chi connectivity index (χ1n) is 8.72. The fourth-order valence-electron chi connectivity index (χ4n) is 2.82. The fourth-order valence-corrected chi connectivity index (χ4v) is 3.82. The zero-order valence-corrected chi connectivity index (χ0v) is 15.8. The molecular formula is C20H18N4O2S. The van der Waals surface area contributed by atoms with E-state index in [1.165, 1.54) is 11.8 Å². The summed E-state index contributed by atoms with van der Waals surface area (Å²) in [5.41, 5.74) is 1.54. The van der Waals surface area contributed by atoms with Crippen molar-refractivity contribution in [3.8, 4) is 11.5 Å². The van der Waals surface area contributed by atoms with Crippen LogP contribution in [-0.2, 0) is 6.54 Å². The SMILES string of the molecule is CCn1c(S[C@@H](C)c2nnc(-c3ccccc3)o2)nc2ccccc2c1=O. The molecule has 0 amide bonds. The first-order chi connectivity index (χ1) is 13.2. The van der Waals surface area contributed by atoms with E-state index in [1.54, 1.807) is 10.6 Å². The lowest BCUT2D eigenvalue weighted by molar-refractivity contribution is 0.508. The maximum Gasteiger partial charge on any atom is 0.262 e. The number of aromatic nitrogens is 4. The molecule has 0 N–H and O–H groups in total. The average molecular weight is 378 g/mol. The molecule has 1 atom stereocenters. The highest BCUT2D eigenvalue weighted by Gasteiger charge is 2.19. The van der Waals surface area contributed by atoms with Gasteiger partial charge in [0.15, 0.2) is 5.16 Å². The number of thioether (sulfide) groups is 1. The molecule has 4 rings (SSSR count). The lowest BCUT2D eigenvalue weighted by Gasteiger charge is -2.13. The second-order valence-corrected chi connectivity index (χ2v) is 7.34. The van der Waals surface area contributed by atoms with Gasteiger partial charge in [0.2, 0.25) is 11.8 Å². The Morgan fingerprint density at radius 3 is 2.59 bits per heavy atom. The van der Waals surface area contributed by atoms with Crippen molar-refractivity contribution in [3.63, 3.8) is 0 Å². The van der Waals surface area contributed by atoms with Crippen molar-refractivity contribution in [2.75, 3.05) is 0 Å². The van der Waals surface area contributed by atoms with E-state index in [1.807, 2.05) is 62.4 Å². The van der Waals surface area contributed by atoms with E-state index in [2.05, 4.69) is 15.2 Å². The zero-order chi connectivity index (χ0) is 18.8. The van der Waals surface area contributed by atoms with Gasteiger partial charge in [0.1, 0.15) is 0 Å². The number of para-hydroxylation sites is 1. The molecular weight excluding hydrogens is 360 g/mol. The van der Waals surface area contributed by atoms with Crippen LogP contribution in [-0.4, -0.2) is 19.7 Å². The van der Waals surface area contributed by atoms with Gasteiger partial charge in [-0.2, -0.15) is 0 Å². The van der Waals surface area contributed by atoms with E-state index in [0.717, 1.165) is 5.56 Å². The van der Waals surface area contributed by atoms with E-state index in [-0.39, 0.29) is 10.8 Å². The average Bonchev–Trinajstić information content (AvgIpc) is 3.19. The highest BCUT2D eigenvalue weighted by atomic mass is 32.2. The first-order valence-corrected chi connectivity index (χ1v) is 9.60. The van der Waals surface area contributed by atoms with E-state index in [9.17, 15) is 4.79 Å². The molecule has 6 nitrogen and oxygen atoms in total. The van der Waals surface area contributed by atoms with Crippen LogP contribution in [0.1, 0.15) is 25.0 Å². The Labute approximate surface area is 160 Å². The molecule has 0 aliphatic carbocycles. The standard InChI is InChI=1S/C20H18N4O2S/c1-3-24-19(25)15-11-7-8-12-16(15)21-20(24)27-13(2)17-22-23-18(26-17)14-9-5-4-6-10-14/h4-13H,3H2,1-2H3/t13-/m0/s1. The quantitative estimate of drug-likeness (QED) is 0.380. The minimum Gasteiger partial charge on any atom is -0.419 e. The van der Waals surface area contributed by atoms with Crippen LogP contribution in [0.25, 0.3) is 22.4 Å². The minimum atomic E-state index is -0.138. The molecule has 27 heavy (non-hydrogen) atoms. The Bertz CT molecular complexity index is 1140. The third kappa shape index (κ3) is 3.38. The summed E-state index contributed by atoms with van der Waals surface area (Å²) in [5.74, 6) is 0.987. The molecule has 0 radical (unpaired) electrons. The molecule has 0 fully saturated rings. The Morgan fingerprint density at radius 2 is 1.81 bits per heavy atom. The summed E-state index contributed by atoms with van der Waals surface area (Å²) < 4.78 is 7.52. The summed E-state index contributed by atoms with van der Waals surface area (Å²) in [4.78, 5) is 17.4. The molecule has 136 valence electrons. The summed E-state index contributed by atoms with van der Waals surface area (Å²) in [7, 11) is 0. The Balaban J connectivity index is 1.66. The Kier molecular flexibility index (Phi) is 4.77. The molecule has 0 bridgehead atoms. The van der Waals surface area contributed by atoms with Gasteiger partial charge in [-0.05, 0) is 38.1 Å². The molecule has 0 saturated heterocycles. The van der Waals surface area contributed by atoms with Crippen LogP contribution in [0.3, 0.4) is 0 Å². The molecule has 2 aromatic carbocycles. The molecule has 2 aromatic heterocycles. The summed E-state index contributed by atoms with van der Waals surface area (Å²) in [5, 5.41) is 9.45. The van der Waals surface area contributed by atoms with Crippen LogP contribution in [0.4, 0.5) is 0 Å². The van der Waals surface area contributed by atoms with Crippen molar-refractivity contribution in [2.24, 2.45) is 0 Å². The summed E-state index contributed by atoms with van der Waals surface area (Å²) in [6.45, 7) is 4.45. The largest absolute Gasteiger partial charge is 0.419 e. The molecule has 4 aromatic rings. The molecule has 7 heteroatoms. The molecule has 0 aliphatic heterocycles. The predicted octanol–water partition coefficient (Wildman–Crippen LogP) is 4.32. The van der Waals surface area contributed by atoms with E-state index in [0.29, 0.717) is 34.4 Å². The lowest BCUT2D eigenvalue weighted by atomic mass is 10.2. The maximum atomic E-state index is 12.7. The van der Waals surface area contributed by atoms with Gasteiger partial charge in [-0.3, -0.25) is 9.36 Å². The molecule has 0 saturated carbocycles. The number of nitrogens with zero attached hydrogens (tertiary/aromatic N) is 4. The Hall–Kier alpha value is -2.93. The monoisotopic (exact) mass is 378 g/mol. The molecule has 0 spiro atoms. The van der Waals surface area contributed by atoms with Gasteiger partial charge in [-0.1, -0.05) is 42.1 Å². The van der Waals surface area contributed by atoms with Crippen LogP contribution in [0.2, 0.25) is 0 Å². The number of hydrogen-bond donors (Lipinski definition) is 0. The number of benzene rings is 2. The summed E-state index contributed by atoms with van der Waals surface area (Å²) in [6, 6.07) is 17.0. The zero-order valence-electron chi connectivity index (χ0n) is 15.0. The van der Waals surface area contributed by atoms with E-state index >= 15 is 0 Å². The molecule has 0 aliphatic rings. The summed E-state index contributed by atoms with van der Waals surface area (Å²) >= 11 is 1.44. The van der Waals surface area contributed by atoms with Crippen molar-refractivity contribution < 1.29 is 4.42 Å². The van der Waals surface area contributed by atoms with Gasteiger partial charge >= 0.3 is 0 Å². The minimum absolute atomic E-state index is 0.0340. The van der Waals surface area contributed by atoms with Gasteiger partial charge in [0.05, 0.1) is 16.2 Å². The van der Waals surface area contributed by atoms with Crippen molar-refractivity contribution >= 4 is 22.7 Å². The second-order valence-electron chi connectivity index (χ2n) is 6.03. The first kappa shape index (κ1) is 17.5. The lowest BCUT2D eigenvalue weighted by Crippen LogP contribution is -2.22. The van der Waals surface area contributed by atoms with Crippen LogP contribution >= 0.6 is 11.8 Å². The van der Waals surface area contributed by atoms with Gasteiger partial charge in [0.25, 0.3) is 5.56 Å². The number of hydrogen-bond acceptors (Lipinski definition) is 6. The molecule has 0 unspecified atom stereocenters. The number of rotatable bonds is 5. The number of fused-ring (bicyclic) bond motifs is 1. The second kappa shape index (κ2) is 7.36. The van der Waals surface area contributed by atoms with E-state index < -0.39 is 0 Å². The topological polar surface area (TPSA) is 73.8 Å². The summed E-state index contributed by atoms with van der Waals surface area (Å²) in [6.07, 6.45) is 0. The Morgan fingerprint density at radius 1 is 1.07 bits per heavy atom. The van der Waals surface area contributed by atoms with Gasteiger partial charge in [-0.15, -0.1) is 10.2 Å². The van der Waals surface area contributed by atoms with E-state index in [4.69, 9.17) is 4.42 Å². The van der Waals surface area contributed by atoms with Gasteiger partial charge < -0.3 is 4.42 Å². The van der Waals surface area contributed by atoms with Crippen molar-refractivity contribution in [2.45, 2.75) is 30.8 Å². The van der Waals surface area contributed by atoms with Crippen molar-refractivity contribution in [1.82, 2.24) is 19.7 Å². The normalized spacial score (nSPS) is 12.4. The van der Waals surface area contributed by atoms with Crippen LogP contribution in [0.15, 0.2) is 69.0 Å². The van der Waals surface area contributed by atoms with Gasteiger partial charge in [-0.25, -0.2) is 4.98 Å². The van der Waals surface area contributed by atoms with Crippen LogP contribution < -0.4 is 5.56 Å². The van der Waals surface area contributed by atoms with Gasteiger partial charge in [0, 0.05) is 12.1 Å². The van der Waals surface area contributed by atoms with Crippen molar-refractivity contribution in [3.05, 3.63) is 70.8 Å². The molecule has 2 heterocycles. The third-order valence-corrected chi connectivity index (χ3v) is 5.31. The smallest absolute Gasteiger partial charge is 0.262 e. The van der Waals surface area contributed by atoms with Crippen LogP contribution in [0.5, 0.6) is 0 Å². The predicted molar refractivity (Wildman–Crippen MR) is 106 cm³/mol. The maximum absolute atomic E-state index is 12.7. The van der Waals surface area contributed by atoms with Crippen molar-refractivity contribution in [1.29, 1.82) is 0 Å². The fraction of sp³-hybridized carbons (Fsp3) is 0.200. The third-order valence-electron chi connectivity index (χ3n) is 4.23. The van der Waals surface area contributed by atoms with Crippen LogP contribution in [0, 0.1) is 0 Å². The highest BCUT2D eigenvalue weighted by molar-refractivity contribution is 7.99. The highest BCUT2D eigenvalue weighted by Crippen LogP contribution is 2.34.